The van der Waals surface area contributed by atoms with Gasteiger partial charge in [-0.3, -0.25) is 0 Å². The second kappa shape index (κ2) is 4.66. The maximum atomic E-state index is 6.20. The molecule has 0 N–H and O–H groups in total. The number of rotatable bonds is 3. The van der Waals surface area contributed by atoms with Crippen molar-refractivity contribution in [2.24, 2.45) is 0 Å². The second-order valence-corrected chi connectivity index (χ2v) is 4.19. The highest BCUT2D eigenvalue weighted by molar-refractivity contribution is 6.21. The lowest BCUT2D eigenvalue weighted by Gasteiger charge is -2.16. The third-order valence-electron chi connectivity index (χ3n) is 2.50. The number of alkyl halides is 1. The van der Waals surface area contributed by atoms with Crippen molar-refractivity contribution in [3.8, 4) is 0 Å². The molecule has 13 heavy (non-hydrogen) atoms. The standard InChI is InChI=1S/C12H17Cl/c1-4-12(13)10(3)11-7-5-6-9(2)8-11/h5-8,10,12H,4H2,1-3H3. The number of halogens is 1. The molecular formula is C12H17Cl. The highest BCUT2D eigenvalue weighted by Gasteiger charge is 2.13. The smallest absolute Gasteiger partial charge is 0.0399 e. The first kappa shape index (κ1) is 10.6. The third-order valence-corrected chi connectivity index (χ3v) is 3.19. The highest BCUT2D eigenvalue weighted by Crippen LogP contribution is 2.25. The van der Waals surface area contributed by atoms with Gasteiger partial charge in [0.15, 0.2) is 0 Å². The van der Waals surface area contributed by atoms with Gasteiger partial charge in [-0.05, 0) is 24.8 Å². The van der Waals surface area contributed by atoms with Gasteiger partial charge in [-0.2, -0.15) is 0 Å². The summed E-state index contributed by atoms with van der Waals surface area (Å²) in [7, 11) is 0. The summed E-state index contributed by atoms with van der Waals surface area (Å²) < 4.78 is 0. The molecule has 0 radical (unpaired) electrons. The molecule has 0 heterocycles. The Labute approximate surface area is 85.9 Å². The van der Waals surface area contributed by atoms with Crippen molar-refractivity contribution in [3.63, 3.8) is 0 Å². The summed E-state index contributed by atoms with van der Waals surface area (Å²) in [5.41, 5.74) is 2.66. The fourth-order valence-corrected chi connectivity index (χ4v) is 1.66. The third kappa shape index (κ3) is 2.73. The monoisotopic (exact) mass is 196 g/mol. The number of benzene rings is 1. The maximum Gasteiger partial charge on any atom is 0.0399 e. The Morgan fingerprint density at radius 2 is 2.08 bits per heavy atom. The number of hydrogen-bond acceptors (Lipinski definition) is 0. The van der Waals surface area contributed by atoms with E-state index in [9.17, 15) is 0 Å². The molecule has 0 aliphatic rings. The first-order valence-corrected chi connectivity index (χ1v) is 5.29. The zero-order valence-corrected chi connectivity index (χ0v) is 9.31. The zero-order chi connectivity index (χ0) is 9.84. The van der Waals surface area contributed by atoms with Crippen LogP contribution in [0.3, 0.4) is 0 Å². The van der Waals surface area contributed by atoms with Crippen LogP contribution in [0.15, 0.2) is 24.3 Å². The Balaban J connectivity index is 2.82. The van der Waals surface area contributed by atoms with Crippen LogP contribution in [0, 0.1) is 6.92 Å². The van der Waals surface area contributed by atoms with Gasteiger partial charge < -0.3 is 0 Å². The molecule has 1 aromatic rings. The van der Waals surface area contributed by atoms with Gasteiger partial charge in [-0.1, -0.05) is 43.7 Å². The number of hydrogen-bond donors (Lipinski definition) is 0. The highest BCUT2D eigenvalue weighted by atomic mass is 35.5. The van der Waals surface area contributed by atoms with E-state index in [1.807, 2.05) is 0 Å². The van der Waals surface area contributed by atoms with Crippen molar-refractivity contribution in [2.45, 2.75) is 38.5 Å². The van der Waals surface area contributed by atoms with Crippen LogP contribution in [0.25, 0.3) is 0 Å². The van der Waals surface area contributed by atoms with Gasteiger partial charge in [0, 0.05) is 5.38 Å². The minimum Gasteiger partial charge on any atom is -0.122 e. The van der Waals surface area contributed by atoms with Crippen molar-refractivity contribution in [1.29, 1.82) is 0 Å². The van der Waals surface area contributed by atoms with Crippen molar-refractivity contribution < 1.29 is 0 Å². The second-order valence-electron chi connectivity index (χ2n) is 3.63. The van der Waals surface area contributed by atoms with Crippen LogP contribution in [0.1, 0.15) is 37.3 Å². The van der Waals surface area contributed by atoms with Gasteiger partial charge in [0.2, 0.25) is 0 Å². The van der Waals surface area contributed by atoms with E-state index in [0.717, 1.165) is 6.42 Å². The Morgan fingerprint density at radius 1 is 1.38 bits per heavy atom. The van der Waals surface area contributed by atoms with Crippen molar-refractivity contribution in [2.75, 3.05) is 0 Å². The molecule has 0 bridgehead atoms. The average molecular weight is 197 g/mol. The predicted molar refractivity (Wildman–Crippen MR) is 59.5 cm³/mol. The van der Waals surface area contributed by atoms with Gasteiger partial charge in [0.1, 0.15) is 0 Å². The Kier molecular flexibility index (Phi) is 3.80. The Morgan fingerprint density at radius 3 is 2.62 bits per heavy atom. The summed E-state index contributed by atoms with van der Waals surface area (Å²) in [5, 5.41) is 0.252. The summed E-state index contributed by atoms with van der Waals surface area (Å²) in [5.74, 6) is 0.451. The van der Waals surface area contributed by atoms with E-state index in [-0.39, 0.29) is 5.38 Å². The quantitative estimate of drug-likeness (QED) is 0.639. The van der Waals surface area contributed by atoms with Gasteiger partial charge in [-0.15, -0.1) is 11.6 Å². The predicted octanol–water partition coefficient (Wildman–Crippen LogP) is 4.12. The Hall–Kier alpha value is -0.490. The average Bonchev–Trinajstić information content (AvgIpc) is 2.15. The molecule has 0 fully saturated rings. The molecule has 0 aliphatic carbocycles. The van der Waals surface area contributed by atoms with Crippen LogP contribution in [0.4, 0.5) is 0 Å². The van der Waals surface area contributed by atoms with E-state index in [2.05, 4.69) is 45.0 Å². The van der Waals surface area contributed by atoms with Crippen molar-refractivity contribution in [1.82, 2.24) is 0 Å². The van der Waals surface area contributed by atoms with E-state index in [0.29, 0.717) is 5.92 Å². The fraction of sp³-hybridized carbons (Fsp3) is 0.500. The van der Waals surface area contributed by atoms with Gasteiger partial charge in [0.05, 0.1) is 0 Å². The first-order valence-electron chi connectivity index (χ1n) is 4.85. The molecule has 72 valence electrons. The summed E-state index contributed by atoms with van der Waals surface area (Å²) in [6, 6.07) is 8.59. The van der Waals surface area contributed by atoms with E-state index in [4.69, 9.17) is 11.6 Å². The maximum absolute atomic E-state index is 6.20. The van der Waals surface area contributed by atoms with E-state index < -0.39 is 0 Å². The van der Waals surface area contributed by atoms with Crippen LogP contribution >= 0.6 is 11.6 Å². The zero-order valence-electron chi connectivity index (χ0n) is 8.55. The van der Waals surface area contributed by atoms with Crippen LogP contribution in [-0.2, 0) is 0 Å². The largest absolute Gasteiger partial charge is 0.122 e. The molecule has 0 spiro atoms. The topological polar surface area (TPSA) is 0 Å². The SMILES string of the molecule is CCC(Cl)C(C)c1cccc(C)c1. The molecular weight excluding hydrogens is 180 g/mol. The molecule has 2 unspecified atom stereocenters. The lowest BCUT2D eigenvalue weighted by molar-refractivity contribution is 0.674. The summed E-state index contributed by atoms with van der Waals surface area (Å²) in [4.78, 5) is 0. The molecule has 1 heteroatoms. The van der Waals surface area contributed by atoms with Gasteiger partial charge >= 0.3 is 0 Å². The molecule has 0 saturated carbocycles. The molecule has 0 amide bonds. The van der Waals surface area contributed by atoms with Crippen molar-refractivity contribution >= 4 is 11.6 Å². The summed E-state index contributed by atoms with van der Waals surface area (Å²) in [6.45, 7) is 6.44. The van der Waals surface area contributed by atoms with Crippen LogP contribution in [0.5, 0.6) is 0 Å². The normalized spacial score (nSPS) is 15.4. The van der Waals surface area contributed by atoms with Gasteiger partial charge in [-0.25, -0.2) is 0 Å². The lowest BCUT2D eigenvalue weighted by Crippen LogP contribution is -2.08. The van der Waals surface area contributed by atoms with E-state index >= 15 is 0 Å². The van der Waals surface area contributed by atoms with E-state index in [1.165, 1.54) is 11.1 Å². The first-order chi connectivity index (χ1) is 6.15. The summed E-state index contributed by atoms with van der Waals surface area (Å²) >= 11 is 6.20. The molecule has 0 aliphatic heterocycles. The molecule has 0 nitrogen and oxygen atoms in total. The lowest BCUT2D eigenvalue weighted by atomic mass is 9.95. The molecule has 2 atom stereocenters. The van der Waals surface area contributed by atoms with E-state index in [1.54, 1.807) is 0 Å². The summed E-state index contributed by atoms with van der Waals surface area (Å²) in [6.07, 6.45) is 1.02. The molecule has 0 saturated heterocycles. The minimum atomic E-state index is 0.252. The van der Waals surface area contributed by atoms with Crippen LogP contribution in [0.2, 0.25) is 0 Å². The molecule has 1 aromatic carbocycles. The van der Waals surface area contributed by atoms with Crippen LogP contribution < -0.4 is 0 Å². The fourth-order valence-electron chi connectivity index (χ4n) is 1.52. The molecule has 1 rings (SSSR count). The minimum absolute atomic E-state index is 0.252. The Bertz CT molecular complexity index is 268. The van der Waals surface area contributed by atoms with Gasteiger partial charge in [0.25, 0.3) is 0 Å². The number of aryl methyl sites for hydroxylation is 1. The van der Waals surface area contributed by atoms with Crippen molar-refractivity contribution in [3.05, 3.63) is 35.4 Å². The molecule has 0 aromatic heterocycles. The van der Waals surface area contributed by atoms with Crippen LogP contribution in [-0.4, -0.2) is 5.38 Å².